The number of imidazole rings is 1. The third-order valence-corrected chi connectivity index (χ3v) is 3.08. The quantitative estimate of drug-likeness (QED) is 0.421. The Bertz CT molecular complexity index is 382. The summed E-state index contributed by atoms with van der Waals surface area (Å²) in [6, 6.07) is -1.41. The third kappa shape index (κ3) is 4.30. The number of carboxylic acids is 1. The van der Waals surface area contributed by atoms with E-state index in [9.17, 15) is 9.59 Å². The molecule has 2 atom stereocenters. The zero-order chi connectivity index (χ0) is 12.8. The van der Waals surface area contributed by atoms with Gasteiger partial charge in [-0.05, 0) is 6.92 Å². The molecule has 1 unspecified atom stereocenters. The molecule has 94 valence electrons. The Morgan fingerprint density at radius 2 is 2.35 bits per heavy atom. The van der Waals surface area contributed by atoms with Crippen LogP contribution in [0.4, 0.5) is 0 Å². The van der Waals surface area contributed by atoms with E-state index in [1.807, 2.05) is 22.9 Å². The Morgan fingerprint density at radius 3 is 2.82 bits per heavy atom. The Morgan fingerprint density at radius 1 is 1.65 bits per heavy atom. The van der Waals surface area contributed by atoms with Crippen molar-refractivity contribution >= 4 is 34.7 Å². The maximum absolute atomic E-state index is 11.5. The van der Waals surface area contributed by atoms with Crippen LogP contribution in [-0.4, -0.2) is 39.0 Å². The van der Waals surface area contributed by atoms with Crippen molar-refractivity contribution in [3.63, 3.8) is 0 Å². The van der Waals surface area contributed by atoms with Crippen LogP contribution in [0.2, 0.25) is 0 Å². The van der Waals surface area contributed by atoms with Crippen LogP contribution in [-0.2, 0) is 16.0 Å². The number of rotatable bonds is 6. The number of aromatic nitrogens is 2. The van der Waals surface area contributed by atoms with Gasteiger partial charge in [-0.15, -0.1) is 0 Å². The SMILES string of the molecule is CC(NI)C(=O)N[C@@H](Cc1cnc[nH]1)C(=O)O. The third-order valence-electron chi connectivity index (χ3n) is 2.15. The lowest BCUT2D eigenvalue weighted by Gasteiger charge is -2.16. The highest BCUT2D eigenvalue weighted by atomic mass is 127. The number of H-pyrrole nitrogens is 1. The normalized spacial score (nSPS) is 14.0. The zero-order valence-electron chi connectivity index (χ0n) is 9.11. The molecule has 0 saturated carbocycles. The number of carboxylic acid groups (broad SMARTS) is 1. The number of aliphatic carboxylic acids is 1. The summed E-state index contributed by atoms with van der Waals surface area (Å²) in [4.78, 5) is 29.1. The Balaban J connectivity index is 2.61. The van der Waals surface area contributed by atoms with Gasteiger partial charge in [-0.3, -0.25) is 4.79 Å². The molecule has 0 aromatic carbocycles. The number of hydrogen-bond acceptors (Lipinski definition) is 4. The highest BCUT2D eigenvalue weighted by molar-refractivity contribution is 14.1. The predicted molar refractivity (Wildman–Crippen MR) is 68.5 cm³/mol. The fraction of sp³-hybridized carbons (Fsp3) is 0.444. The fourth-order valence-electron chi connectivity index (χ4n) is 1.16. The molecule has 0 saturated heterocycles. The molecule has 1 heterocycles. The van der Waals surface area contributed by atoms with Gasteiger partial charge in [-0.25, -0.2) is 13.3 Å². The predicted octanol–water partition coefficient (Wildman–Crippen LogP) is -0.150. The van der Waals surface area contributed by atoms with Crippen LogP contribution >= 0.6 is 22.9 Å². The number of hydrogen-bond donors (Lipinski definition) is 4. The summed E-state index contributed by atoms with van der Waals surface area (Å²) < 4.78 is 2.71. The van der Waals surface area contributed by atoms with Crippen LogP contribution < -0.4 is 8.85 Å². The van der Waals surface area contributed by atoms with E-state index in [1.165, 1.54) is 12.5 Å². The van der Waals surface area contributed by atoms with Gasteiger partial charge in [0.25, 0.3) is 0 Å². The van der Waals surface area contributed by atoms with Gasteiger partial charge in [0.2, 0.25) is 5.91 Å². The maximum atomic E-state index is 11.5. The van der Waals surface area contributed by atoms with Crippen molar-refractivity contribution < 1.29 is 14.7 Å². The monoisotopic (exact) mass is 352 g/mol. The van der Waals surface area contributed by atoms with Gasteiger partial charge in [0.1, 0.15) is 6.04 Å². The molecule has 8 heteroatoms. The Hall–Kier alpha value is -1.16. The molecule has 1 amide bonds. The number of nitrogens with zero attached hydrogens (tertiary/aromatic N) is 1. The lowest BCUT2D eigenvalue weighted by Crippen LogP contribution is -2.48. The number of halogens is 1. The number of amides is 1. The number of nitrogens with one attached hydrogen (secondary N) is 3. The highest BCUT2D eigenvalue weighted by Gasteiger charge is 2.23. The van der Waals surface area contributed by atoms with Crippen LogP contribution in [0, 0.1) is 0 Å². The molecule has 1 aromatic rings. The van der Waals surface area contributed by atoms with Crippen LogP contribution in [0.1, 0.15) is 12.6 Å². The minimum atomic E-state index is -1.08. The van der Waals surface area contributed by atoms with Gasteiger partial charge >= 0.3 is 5.97 Å². The highest BCUT2D eigenvalue weighted by Crippen LogP contribution is 1.99. The van der Waals surface area contributed by atoms with E-state index < -0.39 is 18.1 Å². The summed E-state index contributed by atoms with van der Waals surface area (Å²) in [7, 11) is 0. The smallest absolute Gasteiger partial charge is 0.326 e. The molecule has 1 rings (SSSR count). The Labute approximate surface area is 112 Å². The molecule has 0 spiro atoms. The van der Waals surface area contributed by atoms with E-state index in [1.54, 1.807) is 6.92 Å². The van der Waals surface area contributed by atoms with E-state index in [0.29, 0.717) is 5.69 Å². The zero-order valence-corrected chi connectivity index (χ0v) is 11.3. The first kappa shape index (κ1) is 13.9. The van der Waals surface area contributed by atoms with E-state index in [4.69, 9.17) is 5.11 Å². The molecule has 4 N–H and O–H groups in total. The van der Waals surface area contributed by atoms with Gasteiger partial charge in [0.15, 0.2) is 0 Å². The summed E-state index contributed by atoms with van der Waals surface area (Å²) in [5.74, 6) is -1.43. The topological polar surface area (TPSA) is 107 Å². The van der Waals surface area contributed by atoms with Crippen molar-refractivity contribution in [1.29, 1.82) is 0 Å². The largest absolute Gasteiger partial charge is 0.480 e. The summed E-state index contributed by atoms with van der Waals surface area (Å²) in [6.45, 7) is 1.65. The first-order valence-corrected chi connectivity index (χ1v) is 5.99. The van der Waals surface area contributed by atoms with E-state index in [-0.39, 0.29) is 12.3 Å². The molecule has 0 radical (unpaired) electrons. The molecular weight excluding hydrogens is 339 g/mol. The lowest BCUT2D eigenvalue weighted by molar-refractivity contribution is -0.141. The minimum Gasteiger partial charge on any atom is -0.480 e. The van der Waals surface area contributed by atoms with Crippen LogP contribution in [0.5, 0.6) is 0 Å². The van der Waals surface area contributed by atoms with Crippen molar-refractivity contribution in [2.24, 2.45) is 0 Å². The van der Waals surface area contributed by atoms with Crippen LogP contribution in [0.15, 0.2) is 12.5 Å². The van der Waals surface area contributed by atoms with Crippen molar-refractivity contribution in [3.8, 4) is 0 Å². The number of carbonyl (C=O) groups is 2. The second-order valence-electron chi connectivity index (χ2n) is 3.51. The second-order valence-corrected chi connectivity index (χ2v) is 4.13. The summed E-state index contributed by atoms with van der Waals surface area (Å²) in [6.07, 6.45) is 3.17. The van der Waals surface area contributed by atoms with Gasteiger partial charge in [0.05, 0.1) is 12.4 Å². The molecule has 0 aliphatic carbocycles. The molecule has 0 aliphatic heterocycles. The van der Waals surface area contributed by atoms with Crippen molar-refractivity contribution in [2.45, 2.75) is 25.4 Å². The average Bonchev–Trinajstić information content (AvgIpc) is 2.79. The van der Waals surface area contributed by atoms with Crippen LogP contribution in [0.25, 0.3) is 0 Å². The molecular formula is C9H13IN4O3. The second kappa shape index (κ2) is 6.55. The maximum Gasteiger partial charge on any atom is 0.326 e. The summed E-state index contributed by atoms with van der Waals surface area (Å²) in [5.41, 5.74) is 0.660. The van der Waals surface area contributed by atoms with Crippen molar-refractivity contribution in [2.75, 3.05) is 0 Å². The van der Waals surface area contributed by atoms with E-state index >= 15 is 0 Å². The molecule has 1 aromatic heterocycles. The lowest BCUT2D eigenvalue weighted by atomic mass is 10.1. The fourth-order valence-corrected chi connectivity index (χ4v) is 1.45. The molecule has 17 heavy (non-hydrogen) atoms. The standard InChI is InChI=1S/C9H13IN4O3/c1-5(14-10)8(15)13-7(9(16)17)2-6-3-11-4-12-6/h3-5,7,14H,2H2,1H3,(H,11,12)(H,13,15)(H,16,17)/t5?,7-/m0/s1. The van der Waals surface area contributed by atoms with Crippen molar-refractivity contribution in [3.05, 3.63) is 18.2 Å². The van der Waals surface area contributed by atoms with Gasteiger partial charge in [-0.1, -0.05) is 0 Å². The van der Waals surface area contributed by atoms with E-state index in [2.05, 4.69) is 18.8 Å². The Kier molecular flexibility index (Phi) is 5.35. The summed E-state index contributed by atoms with van der Waals surface area (Å²) in [5, 5.41) is 11.5. The number of aromatic amines is 1. The van der Waals surface area contributed by atoms with Crippen LogP contribution in [0.3, 0.4) is 0 Å². The molecule has 0 aliphatic rings. The van der Waals surface area contributed by atoms with Gasteiger partial charge in [-0.2, -0.15) is 0 Å². The van der Waals surface area contributed by atoms with Gasteiger partial charge in [0, 0.05) is 41.2 Å². The van der Waals surface area contributed by atoms with E-state index in [0.717, 1.165) is 0 Å². The molecule has 7 nitrogen and oxygen atoms in total. The van der Waals surface area contributed by atoms with Gasteiger partial charge < -0.3 is 15.4 Å². The minimum absolute atomic E-state index is 0.176. The van der Waals surface area contributed by atoms with Crippen molar-refractivity contribution in [1.82, 2.24) is 18.8 Å². The molecule has 0 bridgehead atoms. The average molecular weight is 352 g/mol. The number of carbonyl (C=O) groups excluding carboxylic acids is 1. The first-order valence-electron chi connectivity index (χ1n) is 4.91. The summed E-state index contributed by atoms with van der Waals surface area (Å²) >= 11 is 1.84. The first-order chi connectivity index (χ1) is 8.04. The molecule has 0 fully saturated rings.